The largest absolute Gasteiger partial charge is 0.498 e. The van der Waals surface area contributed by atoms with Gasteiger partial charge >= 0.3 is 0 Å². The first-order chi connectivity index (χ1) is 10.0. The summed E-state index contributed by atoms with van der Waals surface area (Å²) in [5, 5.41) is 10.6. The lowest BCUT2D eigenvalue weighted by Crippen LogP contribution is -2.45. The predicted molar refractivity (Wildman–Crippen MR) is 84.2 cm³/mol. The van der Waals surface area contributed by atoms with E-state index in [2.05, 4.69) is 13.0 Å². The molecule has 1 aliphatic heterocycles. The number of furan rings is 1. The third kappa shape index (κ3) is 1.78. The minimum Gasteiger partial charge on any atom is -0.498 e. The third-order valence-electron chi connectivity index (χ3n) is 5.23. The second kappa shape index (κ2) is 4.43. The quantitative estimate of drug-likeness (QED) is 0.723. The van der Waals surface area contributed by atoms with Gasteiger partial charge in [-0.05, 0) is 42.6 Å². The molecule has 2 heterocycles. The molecule has 1 aromatic heterocycles. The van der Waals surface area contributed by atoms with E-state index in [1.165, 1.54) is 16.7 Å². The van der Waals surface area contributed by atoms with E-state index < -0.39 is 6.10 Å². The molecule has 0 aromatic carbocycles. The monoisotopic (exact) mass is 304 g/mol. The van der Waals surface area contributed by atoms with Crippen molar-refractivity contribution in [3.05, 3.63) is 40.6 Å². The van der Waals surface area contributed by atoms with Gasteiger partial charge in [0.2, 0.25) is 0 Å². The maximum Gasteiger partial charge on any atom is 0.114 e. The number of fused-ring (bicyclic) bond motifs is 4. The van der Waals surface area contributed by atoms with Gasteiger partial charge in [0.25, 0.3) is 0 Å². The summed E-state index contributed by atoms with van der Waals surface area (Å²) in [5.74, 6) is 2.03. The van der Waals surface area contributed by atoms with E-state index in [1.54, 1.807) is 0 Å². The van der Waals surface area contributed by atoms with Crippen LogP contribution in [0.2, 0.25) is 0 Å². The molecular formula is C17H20O3S. The molecule has 112 valence electrons. The summed E-state index contributed by atoms with van der Waals surface area (Å²) in [6, 6.07) is 2.12. The van der Waals surface area contributed by atoms with Crippen LogP contribution in [0.15, 0.2) is 27.9 Å². The van der Waals surface area contributed by atoms with Crippen LogP contribution in [0.1, 0.15) is 36.8 Å². The molecule has 0 bridgehead atoms. The van der Waals surface area contributed by atoms with E-state index >= 15 is 0 Å². The number of allylic oxidation sites excluding steroid dienone is 1. The summed E-state index contributed by atoms with van der Waals surface area (Å²) in [5.41, 5.74) is 4.69. The standard InChI is InChI=1S/C17H20O3S/c1-9-5-11-13(20-9)4-3-10-12-7-19-8-15(18)17(12,2)6-14(21)16(10)11/h5,7,14-15,18,21H,3-4,6,8H2,1-2H3/t14-,15?,17+/m0/s1. The Morgan fingerprint density at radius 2 is 2.19 bits per heavy atom. The van der Waals surface area contributed by atoms with E-state index in [-0.39, 0.29) is 10.7 Å². The average molecular weight is 304 g/mol. The minimum atomic E-state index is -0.464. The van der Waals surface area contributed by atoms with E-state index in [4.69, 9.17) is 21.8 Å². The van der Waals surface area contributed by atoms with Crippen LogP contribution in [0.4, 0.5) is 0 Å². The van der Waals surface area contributed by atoms with Crippen LogP contribution in [-0.2, 0) is 11.2 Å². The molecule has 3 nitrogen and oxygen atoms in total. The number of hydrogen-bond acceptors (Lipinski definition) is 4. The van der Waals surface area contributed by atoms with Gasteiger partial charge < -0.3 is 14.3 Å². The first-order valence-electron chi connectivity index (χ1n) is 7.52. The molecule has 0 spiro atoms. The van der Waals surface area contributed by atoms with E-state index in [0.29, 0.717) is 6.61 Å². The number of aryl methyl sites for hydroxylation is 2. The lowest BCUT2D eigenvalue weighted by Gasteiger charge is -2.47. The van der Waals surface area contributed by atoms with Crippen LogP contribution >= 0.6 is 12.6 Å². The zero-order chi connectivity index (χ0) is 14.8. The van der Waals surface area contributed by atoms with Crippen molar-refractivity contribution < 1.29 is 14.3 Å². The Morgan fingerprint density at radius 1 is 1.38 bits per heavy atom. The molecule has 1 N–H and O–H groups in total. The van der Waals surface area contributed by atoms with Crippen molar-refractivity contribution in [1.82, 2.24) is 0 Å². The molecule has 3 aliphatic rings. The number of aliphatic hydroxyl groups excluding tert-OH is 1. The van der Waals surface area contributed by atoms with Crippen molar-refractivity contribution in [2.45, 2.75) is 44.5 Å². The van der Waals surface area contributed by atoms with E-state index in [9.17, 15) is 5.11 Å². The fourth-order valence-electron chi connectivity index (χ4n) is 4.06. The Hall–Kier alpha value is -1.13. The Morgan fingerprint density at radius 3 is 3.00 bits per heavy atom. The molecular weight excluding hydrogens is 284 g/mol. The van der Waals surface area contributed by atoms with Crippen molar-refractivity contribution in [2.24, 2.45) is 5.41 Å². The van der Waals surface area contributed by atoms with Crippen molar-refractivity contribution in [3.8, 4) is 0 Å². The molecule has 0 radical (unpaired) electrons. The van der Waals surface area contributed by atoms with Crippen molar-refractivity contribution in [1.29, 1.82) is 0 Å². The maximum atomic E-state index is 10.4. The normalized spacial score (nSPS) is 34.6. The van der Waals surface area contributed by atoms with Gasteiger partial charge in [-0.1, -0.05) is 6.92 Å². The van der Waals surface area contributed by atoms with Gasteiger partial charge in [0.1, 0.15) is 18.1 Å². The number of ether oxygens (including phenoxy) is 1. The number of thiol groups is 1. The third-order valence-corrected chi connectivity index (χ3v) is 5.67. The molecule has 1 unspecified atom stereocenters. The van der Waals surface area contributed by atoms with Crippen molar-refractivity contribution in [2.75, 3.05) is 6.61 Å². The highest BCUT2D eigenvalue weighted by Crippen LogP contribution is 2.54. The summed E-state index contributed by atoms with van der Waals surface area (Å²) in [4.78, 5) is 0. The molecule has 1 aromatic rings. The fraction of sp³-hybridized carbons (Fsp3) is 0.529. The average Bonchev–Trinajstić information content (AvgIpc) is 2.80. The lowest BCUT2D eigenvalue weighted by atomic mass is 9.63. The van der Waals surface area contributed by atoms with Crippen LogP contribution in [0.25, 0.3) is 5.57 Å². The molecule has 4 heteroatoms. The topological polar surface area (TPSA) is 42.6 Å². The van der Waals surface area contributed by atoms with Gasteiger partial charge in [0.15, 0.2) is 0 Å². The van der Waals surface area contributed by atoms with Crippen LogP contribution in [0.5, 0.6) is 0 Å². The maximum absolute atomic E-state index is 10.4. The SMILES string of the molecule is Cc1cc2c(o1)CCC1=C2[C@@H](S)C[C@]2(C)C1=COCC2O. The number of aliphatic hydroxyl groups is 1. The Labute approximate surface area is 130 Å². The fourth-order valence-corrected chi connectivity index (χ4v) is 4.73. The Balaban J connectivity index is 1.92. The lowest BCUT2D eigenvalue weighted by molar-refractivity contribution is -0.0160. The zero-order valence-corrected chi connectivity index (χ0v) is 13.2. The molecule has 4 rings (SSSR count). The number of hydrogen-bond donors (Lipinski definition) is 2. The predicted octanol–water partition coefficient (Wildman–Crippen LogP) is 3.27. The van der Waals surface area contributed by atoms with Crippen molar-refractivity contribution in [3.63, 3.8) is 0 Å². The zero-order valence-electron chi connectivity index (χ0n) is 12.3. The van der Waals surface area contributed by atoms with Gasteiger partial charge in [-0.15, -0.1) is 0 Å². The summed E-state index contributed by atoms with van der Waals surface area (Å²) in [6.45, 7) is 4.50. The van der Waals surface area contributed by atoms with E-state index in [1.807, 2.05) is 13.2 Å². The second-order valence-corrected chi connectivity index (χ2v) is 7.23. The molecule has 3 atom stereocenters. The minimum absolute atomic E-state index is 0.131. The molecule has 0 saturated heterocycles. The first kappa shape index (κ1) is 13.5. The Bertz CT molecular complexity index is 670. The Kier molecular flexibility index (Phi) is 2.86. The molecule has 2 aliphatic carbocycles. The van der Waals surface area contributed by atoms with E-state index in [0.717, 1.165) is 36.4 Å². The van der Waals surface area contributed by atoms with Gasteiger partial charge in [0.05, 0.1) is 12.4 Å². The summed E-state index contributed by atoms with van der Waals surface area (Å²) in [7, 11) is 0. The van der Waals surface area contributed by atoms with Crippen molar-refractivity contribution >= 4 is 18.2 Å². The highest BCUT2D eigenvalue weighted by molar-refractivity contribution is 7.81. The highest BCUT2D eigenvalue weighted by atomic mass is 32.1. The first-order valence-corrected chi connectivity index (χ1v) is 8.04. The highest BCUT2D eigenvalue weighted by Gasteiger charge is 2.48. The summed E-state index contributed by atoms with van der Waals surface area (Å²) >= 11 is 4.85. The number of rotatable bonds is 0. The van der Waals surface area contributed by atoms with Gasteiger partial charge in [-0.3, -0.25) is 0 Å². The van der Waals surface area contributed by atoms with Gasteiger partial charge in [-0.2, -0.15) is 12.6 Å². The van der Waals surface area contributed by atoms with Crippen LogP contribution in [0, 0.1) is 12.3 Å². The van der Waals surface area contributed by atoms with Crippen LogP contribution < -0.4 is 0 Å². The molecule has 21 heavy (non-hydrogen) atoms. The smallest absolute Gasteiger partial charge is 0.114 e. The van der Waals surface area contributed by atoms with Crippen LogP contribution in [0.3, 0.4) is 0 Å². The summed E-state index contributed by atoms with van der Waals surface area (Å²) in [6.07, 6.45) is 4.07. The van der Waals surface area contributed by atoms with Gasteiger partial charge in [0, 0.05) is 22.6 Å². The molecule has 0 amide bonds. The van der Waals surface area contributed by atoms with Crippen LogP contribution in [-0.4, -0.2) is 23.1 Å². The summed E-state index contributed by atoms with van der Waals surface area (Å²) < 4.78 is 11.3. The molecule has 0 saturated carbocycles. The molecule has 0 fully saturated rings. The van der Waals surface area contributed by atoms with Gasteiger partial charge in [-0.25, -0.2) is 0 Å². The second-order valence-electron chi connectivity index (χ2n) is 6.60.